The largest absolute Gasteiger partial charge is 0.480 e. The number of carbonyl (C=O) groups is 1. The van der Waals surface area contributed by atoms with Crippen molar-refractivity contribution in [3.8, 4) is 0 Å². The van der Waals surface area contributed by atoms with Crippen LogP contribution in [0, 0.1) is 11.8 Å². The average Bonchev–Trinajstić information content (AvgIpc) is 3.43. The SMILES string of the molecule is C/C=N\C(=CC(Cl)/C=C/SN[C@@H](Cc1ccccc1)C(=O)O)N1CCC(CCCCCC2CCN(Sc3cc(Br)c(Cl)s3)CC2)CC1.CC. The molecule has 2 saturated heterocycles. The van der Waals surface area contributed by atoms with Crippen molar-refractivity contribution < 1.29 is 9.90 Å². The van der Waals surface area contributed by atoms with Gasteiger partial charge in [-0.3, -0.25) is 4.79 Å². The molecule has 0 aliphatic carbocycles. The standard InChI is InChI=1S/C35H47BrCl2N4O2S3.C2H6/c1-2-39-32(24-29(37)17-22-45-40-31(35(43)44)23-28-11-7-4-8-12-28)41-18-13-26(14-19-41)9-5-3-6-10-27-15-20-42(21-16-27)47-33-25-30(36)34(38)46-33;1-2/h2,4,7-8,11-12,17,22,24-27,29,31,40H,3,5-6,9-10,13-16,18-21,23H2,1H3,(H,43,44);1-2H3/b22-17+,32-24?,39-2-;/t29?,31-;/m0./s1. The Labute approximate surface area is 326 Å². The van der Waals surface area contributed by atoms with Gasteiger partial charge in [-0.05, 0) is 102 Å². The van der Waals surface area contributed by atoms with Gasteiger partial charge in [0.05, 0.1) is 9.59 Å². The summed E-state index contributed by atoms with van der Waals surface area (Å²) in [7, 11) is 0. The van der Waals surface area contributed by atoms with Crippen LogP contribution in [0.15, 0.2) is 73.5 Å². The quantitative estimate of drug-likeness (QED) is 0.0671. The molecule has 0 spiro atoms. The number of nitrogens with zero attached hydrogens (tertiary/aromatic N) is 3. The van der Waals surface area contributed by atoms with Crippen LogP contribution in [0.4, 0.5) is 0 Å². The van der Waals surface area contributed by atoms with E-state index in [2.05, 4.69) is 40.9 Å². The number of thiophene rings is 1. The van der Waals surface area contributed by atoms with E-state index in [0.717, 1.165) is 45.1 Å². The van der Waals surface area contributed by atoms with E-state index in [4.69, 9.17) is 23.2 Å². The number of hydrogen-bond donors (Lipinski definition) is 2. The molecule has 4 rings (SSSR count). The molecule has 2 fully saturated rings. The summed E-state index contributed by atoms with van der Waals surface area (Å²) in [6, 6.07) is 11.1. The van der Waals surface area contributed by atoms with Crippen LogP contribution in [-0.4, -0.2) is 64.1 Å². The summed E-state index contributed by atoms with van der Waals surface area (Å²) in [6.07, 6.45) is 17.8. The second-order valence-electron chi connectivity index (χ2n) is 12.2. The van der Waals surface area contributed by atoms with Crippen molar-refractivity contribution in [1.82, 2.24) is 13.9 Å². The van der Waals surface area contributed by atoms with E-state index >= 15 is 0 Å². The molecule has 0 amide bonds. The number of hydrogen-bond acceptors (Lipinski definition) is 8. The van der Waals surface area contributed by atoms with Gasteiger partial charge in [-0.1, -0.05) is 106 Å². The van der Waals surface area contributed by atoms with Crippen molar-refractivity contribution in [3.63, 3.8) is 0 Å². The highest BCUT2D eigenvalue weighted by Crippen LogP contribution is 2.40. The highest BCUT2D eigenvalue weighted by atomic mass is 79.9. The second-order valence-corrected chi connectivity index (χ2v) is 17.4. The minimum atomic E-state index is -0.878. The van der Waals surface area contributed by atoms with Crippen LogP contribution in [0.25, 0.3) is 0 Å². The topological polar surface area (TPSA) is 68.2 Å². The van der Waals surface area contributed by atoms with Gasteiger partial charge in [0.15, 0.2) is 0 Å². The zero-order valence-electron chi connectivity index (χ0n) is 29.0. The fraction of sp³-hybridized carbons (Fsp3) is 0.568. The predicted molar refractivity (Wildman–Crippen MR) is 219 cm³/mol. The number of benzene rings is 1. The number of carboxylic acid groups (broad SMARTS) is 1. The zero-order valence-corrected chi connectivity index (χ0v) is 34.6. The predicted octanol–water partition coefficient (Wildman–Crippen LogP) is 11.6. The summed E-state index contributed by atoms with van der Waals surface area (Å²) in [5, 5.41) is 11.1. The molecule has 2 N–H and O–H groups in total. The first-order valence-corrected chi connectivity index (χ1v) is 21.7. The summed E-state index contributed by atoms with van der Waals surface area (Å²) < 4.78 is 8.63. The number of carboxylic acids is 1. The van der Waals surface area contributed by atoms with Crippen LogP contribution in [0.1, 0.15) is 84.1 Å². The maximum atomic E-state index is 11.7. The lowest BCUT2D eigenvalue weighted by Gasteiger charge is -2.34. The van der Waals surface area contributed by atoms with Crippen molar-refractivity contribution in [2.75, 3.05) is 26.2 Å². The van der Waals surface area contributed by atoms with Gasteiger partial charge < -0.3 is 10.0 Å². The number of aliphatic carboxylic acids is 1. The van der Waals surface area contributed by atoms with Gasteiger partial charge in [0.2, 0.25) is 0 Å². The molecule has 1 aromatic heterocycles. The Morgan fingerprint density at radius 2 is 1.71 bits per heavy atom. The molecule has 12 heteroatoms. The van der Waals surface area contributed by atoms with Gasteiger partial charge in [0.1, 0.15) is 16.2 Å². The number of nitrogens with one attached hydrogen (secondary N) is 1. The van der Waals surface area contributed by atoms with E-state index < -0.39 is 12.0 Å². The monoisotopic (exact) mass is 830 g/mol. The molecule has 1 aromatic carbocycles. The van der Waals surface area contributed by atoms with Crippen molar-refractivity contribution >= 4 is 86.5 Å². The van der Waals surface area contributed by atoms with Gasteiger partial charge in [0.25, 0.3) is 0 Å². The Bertz CT molecular complexity index is 1290. The molecule has 2 atom stereocenters. The number of allylic oxidation sites excluding steroid dienone is 2. The van der Waals surface area contributed by atoms with Crippen LogP contribution < -0.4 is 4.72 Å². The van der Waals surface area contributed by atoms with Crippen LogP contribution in [0.2, 0.25) is 4.34 Å². The minimum absolute atomic E-state index is 0.341. The maximum absolute atomic E-state index is 11.7. The van der Waals surface area contributed by atoms with Crippen LogP contribution in [-0.2, 0) is 11.2 Å². The zero-order chi connectivity index (χ0) is 35.4. The highest BCUT2D eigenvalue weighted by Gasteiger charge is 2.23. The molecule has 2 aliphatic heterocycles. The molecule has 6 nitrogen and oxygen atoms in total. The molecule has 0 saturated carbocycles. The first kappa shape index (κ1) is 42.4. The van der Waals surface area contributed by atoms with Crippen molar-refractivity contribution in [2.24, 2.45) is 16.8 Å². The molecular weight excluding hydrogens is 779 g/mol. The third-order valence-corrected chi connectivity index (χ3v) is 13.4. The normalized spacial score (nSPS) is 18.2. The molecule has 49 heavy (non-hydrogen) atoms. The van der Waals surface area contributed by atoms with Gasteiger partial charge in [-0.2, -0.15) is 0 Å². The average molecular weight is 833 g/mol. The summed E-state index contributed by atoms with van der Waals surface area (Å²) >= 11 is 21.1. The Morgan fingerprint density at radius 1 is 1.08 bits per heavy atom. The summed E-state index contributed by atoms with van der Waals surface area (Å²) in [4.78, 5) is 18.7. The number of rotatable bonds is 18. The fourth-order valence-electron chi connectivity index (χ4n) is 6.11. The van der Waals surface area contributed by atoms with E-state index in [-0.39, 0.29) is 5.38 Å². The van der Waals surface area contributed by atoms with E-state index in [1.54, 1.807) is 11.3 Å². The van der Waals surface area contributed by atoms with E-state index in [1.807, 2.05) is 86.8 Å². The number of likely N-dealkylation sites (tertiary alicyclic amines) is 1. The second kappa shape index (κ2) is 24.3. The molecule has 2 aromatic rings. The first-order chi connectivity index (χ1) is 23.8. The van der Waals surface area contributed by atoms with E-state index in [0.29, 0.717) is 6.42 Å². The molecule has 272 valence electrons. The van der Waals surface area contributed by atoms with Crippen LogP contribution >= 0.6 is 74.4 Å². The molecule has 1 unspecified atom stereocenters. The lowest BCUT2D eigenvalue weighted by molar-refractivity contribution is -0.138. The molecular formula is C37H53BrCl2N4O2S3. The summed E-state index contributed by atoms with van der Waals surface area (Å²) in [5.41, 5.74) is 0.980. The van der Waals surface area contributed by atoms with Gasteiger partial charge in [-0.25, -0.2) is 14.0 Å². The molecule has 3 heterocycles. The van der Waals surface area contributed by atoms with Gasteiger partial charge >= 0.3 is 5.97 Å². The van der Waals surface area contributed by atoms with Gasteiger partial charge in [0, 0.05) is 36.9 Å². The van der Waals surface area contributed by atoms with Crippen molar-refractivity contribution in [1.29, 1.82) is 0 Å². The third kappa shape index (κ3) is 16.1. The summed E-state index contributed by atoms with van der Waals surface area (Å²) in [6.45, 7) is 10.3. The molecule has 0 bridgehead atoms. The summed E-state index contributed by atoms with van der Waals surface area (Å²) in [5.74, 6) is 1.70. The lowest BCUT2D eigenvalue weighted by Crippen LogP contribution is -2.34. The Morgan fingerprint density at radius 3 is 2.29 bits per heavy atom. The number of unbranched alkanes of at least 4 members (excludes halogenated alkanes) is 2. The third-order valence-electron chi connectivity index (χ3n) is 8.77. The number of aliphatic imine (C=N–C) groups is 1. The first-order valence-electron chi connectivity index (χ1n) is 17.6. The van der Waals surface area contributed by atoms with E-state index in [9.17, 15) is 9.90 Å². The highest BCUT2D eigenvalue weighted by molar-refractivity contribution is 9.10. The fourth-order valence-corrected chi connectivity index (χ4v) is 10.3. The van der Waals surface area contributed by atoms with Crippen molar-refractivity contribution in [3.05, 3.63) is 74.2 Å². The molecule has 2 aliphatic rings. The molecule has 0 radical (unpaired) electrons. The smallest absolute Gasteiger partial charge is 0.321 e. The van der Waals surface area contributed by atoms with Crippen LogP contribution in [0.5, 0.6) is 0 Å². The Kier molecular flexibility index (Phi) is 21.0. The number of halogens is 3. The Hall–Kier alpha value is -0.980. The van der Waals surface area contributed by atoms with Gasteiger partial charge in [-0.15, -0.1) is 22.9 Å². The van der Waals surface area contributed by atoms with Crippen LogP contribution in [0.3, 0.4) is 0 Å². The number of piperidine rings is 2. The lowest BCUT2D eigenvalue weighted by atomic mass is 9.89. The Balaban J connectivity index is 0.00000319. The van der Waals surface area contributed by atoms with E-state index in [1.165, 1.54) is 87.0 Å². The maximum Gasteiger partial charge on any atom is 0.321 e. The number of alkyl halides is 1. The van der Waals surface area contributed by atoms with Crippen molar-refractivity contribution in [2.45, 2.75) is 101 Å². The minimum Gasteiger partial charge on any atom is -0.480 e.